The third-order valence-electron chi connectivity index (χ3n) is 12.8. The van der Waals surface area contributed by atoms with Gasteiger partial charge in [-0.25, -0.2) is 0 Å². The van der Waals surface area contributed by atoms with Crippen LogP contribution >= 0.6 is 0 Å². The maximum Gasteiger partial charge on any atom is 0.123 e. The van der Waals surface area contributed by atoms with E-state index in [9.17, 15) is 10.2 Å². The van der Waals surface area contributed by atoms with Crippen molar-refractivity contribution in [2.75, 3.05) is 0 Å². The minimum atomic E-state index is 0.210. The lowest BCUT2D eigenvalue weighted by molar-refractivity contribution is -0.110. The Kier molecular flexibility index (Phi) is 4.41. The molecule has 10 rings (SSSR count). The summed E-state index contributed by atoms with van der Waals surface area (Å²) in [6.07, 6.45) is 15.9. The Balaban J connectivity index is 1.22. The van der Waals surface area contributed by atoms with Crippen LogP contribution in [0.1, 0.15) is 116 Å². The predicted octanol–water partition coefficient (Wildman–Crippen LogP) is 9.26. The van der Waals surface area contributed by atoms with E-state index in [1.807, 2.05) is 12.1 Å². The second-order valence-electron chi connectivity index (χ2n) is 17.3. The quantitative estimate of drug-likeness (QED) is 0.432. The van der Waals surface area contributed by atoms with Crippen LogP contribution in [0.25, 0.3) is 11.1 Å². The number of hydrogen-bond donors (Lipinski definition) is 2. The van der Waals surface area contributed by atoms with E-state index in [1.54, 1.807) is 0 Å². The minimum absolute atomic E-state index is 0.210. The normalized spacial score (nSPS) is 48.1. The van der Waals surface area contributed by atoms with Gasteiger partial charge in [-0.1, -0.05) is 39.8 Å². The first-order chi connectivity index (χ1) is 17.8. The fraction of sp³-hybridized carbons (Fsp3) is 0.667. The van der Waals surface area contributed by atoms with Crippen molar-refractivity contribution in [3.05, 3.63) is 47.5 Å². The molecule has 202 valence electrons. The van der Waals surface area contributed by atoms with Crippen molar-refractivity contribution >= 4 is 0 Å². The summed E-state index contributed by atoms with van der Waals surface area (Å²) >= 11 is 0. The third-order valence-corrected chi connectivity index (χ3v) is 12.8. The molecule has 8 bridgehead atoms. The van der Waals surface area contributed by atoms with Crippen molar-refractivity contribution in [1.29, 1.82) is 0 Å². The molecule has 0 amide bonds. The average molecular weight is 511 g/mol. The summed E-state index contributed by atoms with van der Waals surface area (Å²) in [5.74, 6) is 2.25. The van der Waals surface area contributed by atoms with E-state index in [2.05, 4.69) is 52.0 Å². The molecule has 0 aromatic heterocycles. The van der Waals surface area contributed by atoms with E-state index in [0.29, 0.717) is 33.2 Å². The topological polar surface area (TPSA) is 40.5 Å². The smallest absolute Gasteiger partial charge is 0.123 e. The van der Waals surface area contributed by atoms with Crippen LogP contribution in [0, 0.1) is 33.5 Å². The summed E-state index contributed by atoms with van der Waals surface area (Å²) in [7, 11) is 0. The molecular formula is C36H46O2. The molecular weight excluding hydrogens is 464 g/mol. The summed E-state index contributed by atoms with van der Waals surface area (Å²) in [6, 6.07) is 12.8. The highest BCUT2D eigenvalue weighted by Gasteiger charge is 2.61. The van der Waals surface area contributed by atoms with Gasteiger partial charge in [-0.3, -0.25) is 0 Å². The van der Waals surface area contributed by atoms with E-state index in [-0.39, 0.29) is 10.8 Å². The molecule has 2 heteroatoms. The zero-order valence-electron chi connectivity index (χ0n) is 24.0. The first kappa shape index (κ1) is 23.9. The van der Waals surface area contributed by atoms with Gasteiger partial charge in [0.2, 0.25) is 0 Å². The number of aromatic hydroxyl groups is 2. The second-order valence-corrected chi connectivity index (χ2v) is 17.3. The fourth-order valence-electron chi connectivity index (χ4n) is 13.7. The molecule has 0 aliphatic heterocycles. The number of hydrogen-bond acceptors (Lipinski definition) is 2. The van der Waals surface area contributed by atoms with Gasteiger partial charge in [0.15, 0.2) is 0 Å². The SMILES string of the molecule is CC12CC3CC(C)(C1)CC(c1ccc(O)c(-c4cc(C56CC7CC(C)(CC(C)(C7)C5)C6)ccc4O)c1)(C3)C2. The highest BCUT2D eigenvalue weighted by molar-refractivity contribution is 5.77. The summed E-state index contributed by atoms with van der Waals surface area (Å²) in [4.78, 5) is 0. The minimum Gasteiger partial charge on any atom is -0.507 e. The molecule has 8 aliphatic carbocycles. The van der Waals surface area contributed by atoms with Crippen molar-refractivity contribution in [3.63, 3.8) is 0 Å². The van der Waals surface area contributed by atoms with E-state index in [0.717, 1.165) is 23.0 Å². The Hall–Kier alpha value is -1.96. The van der Waals surface area contributed by atoms with E-state index >= 15 is 0 Å². The van der Waals surface area contributed by atoms with Gasteiger partial charge in [-0.05, 0) is 157 Å². The van der Waals surface area contributed by atoms with Crippen LogP contribution in [0.5, 0.6) is 11.5 Å². The molecule has 2 aromatic carbocycles. The van der Waals surface area contributed by atoms with Crippen LogP contribution < -0.4 is 0 Å². The Labute approximate surface area is 229 Å². The molecule has 0 saturated heterocycles. The molecule has 0 heterocycles. The van der Waals surface area contributed by atoms with Gasteiger partial charge in [0.05, 0.1) is 0 Å². The Morgan fingerprint density at radius 2 is 0.842 bits per heavy atom. The molecule has 8 fully saturated rings. The van der Waals surface area contributed by atoms with Crippen LogP contribution in [-0.4, -0.2) is 10.2 Å². The number of phenols is 2. The number of benzene rings is 2. The Morgan fingerprint density at radius 1 is 0.500 bits per heavy atom. The third kappa shape index (κ3) is 3.30. The van der Waals surface area contributed by atoms with Gasteiger partial charge in [0, 0.05) is 11.1 Å². The monoisotopic (exact) mass is 510 g/mol. The van der Waals surface area contributed by atoms with Crippen LogP contribution in [-0.2, 0) is 10.8 Å². The van der Waals surface area contributed by atoms with Crippen molar-refractivity contribution < 1.29 is 10.2 Å². The summed E-state index contributed by atoms with van der Waals surface area (Å²) in [6.45, 7) is 10.1. The van der Waals surface area contributed by atoms with Crippen LogP contribution in [0.2, 0.25) is 0 Å². The number of rotatable bonds is 3. The average Bonchev–Trinajstić information content (AvgIpc) is 2.75. The molecule has 38 heavy (non-hydrogen) atoms. The van der Waals surface area contributed by atoms with Gasteiger partial charge in [0.1, 0.15) is 11.5 Å². The predicted molar refractivity (Wildman–Crippen MR) is 153 cm³/mol. The lowest BCUT2D eigenvalue weighted by atomic mass is 9.39. The van der Waals surface area contributed by atoms with E-state index in [4.69, 9.17) is 0 Å². The van der Waals surface area contributed by atoms with Gasteiger partial charge in [-0.2, -0.15) is 0 Å². The molecule has 0 radical (unpaired) electrons. The van der Waals surface area contributed by atoms with Crippen LogP contribution in [0.3, 0.4) is 0 Å². The molecule has 2 N–H and O–H groups in total. The first-order valence-electron chi connectivity index (χ1n) is 15.5. The summed E-state index contributed by atoms with van der Waals surface area (Å²) < 4.78 is 0. The summed E-state index contributed by atoms with van der Waals surface area (Å²) in [5, 5.41) is 22.4. The Morgan fingerprint density at radius 3 is 1.16 bits per heavy atom. The van der Waals surface area contributed by atoms with Gasteiger partial charge >= 0.3 is 0 Å². The molecule has 4 unspecified atom stereocenters. The highest BCUT2D eigenvalue weighted by atomic mass is 16.3. The fourth-order valence-corrected chi connectivity index (χ4v) is 13.7. The second kappa shape index (κ2) is 7.02. The maximum atomic E-state index is 11.2. The zero-order valence-corrected chi connectivity index (χ0v) is 24.0. The largest absolute Gasteiger partial charge is 0.507 e. The highest BCUT2D eigenvalue weighted by Crippen LogP contribution is 2.71. The number of phenolic OH excluding ortho intramolecular Hbond substituents is 2. The van der Waals surface area contributed by atoms with Crippen molar-refractivity contribution in [1.82, 2.24) is 0 Å². The van der Waals surface area contributed by atoms with Crippen molar-refractivity contribution in [3.8, 4) is 22.6 Å². The lowest BCUT2D eigenvalue weighted by Crippen LogP contribution is -2.56. The molecule has 2 nitrogen and oxygen atoms in total. The Bertz CT molecular complexity index is 1210. The molecule has 2 aromatic rings. The van der Waals surface area contributed by atoms with E-state index in [1.165, 1.54) is 88.2 Å². The van der Waals surface area contributed by atoms with Crippen molar-refractivity contribution in [2.24, 2.45) is 33.5 Å². The maximum absolute atomic E-state index is 11.2. The van der Waals surface area contributed by atoms with Gasteiger partial charge in [-0.15, -0.1) is 0 Å². The van der Waals surface area contributed by atoms with Crippen LogP contribution in [0.4, 0.5) is 0 Å². The van der Waals surface area contributed by atoms with Gasteiger partial charge < -0.3 is 10.2 Å². The summed E-state index contributed by atoms with van der Waals surface area (Å²) in [5.41, 5.74) is 6.64. The first-order valence-corrected chi connectivity index (χ1v) is 15.5. The standard InChI is InChI=1S/C36H46O2/c1-31-11-23-12-32(2,17-31)20-35(15-23,19-31)25-5-7-29(37)27(9-25)28-10-26(6-8-30(28)38)36-16-24-13-33(3,21-36)18-34(4,14-24)22-36/h5-10,23-24,37-38H,11-22H2,1-4H3. The zero-order chi connectivity index (χ0) is 26.3. The molecule has 0 spiro atoms. The van der Waals surface area contributed by atoms with Crippen LogP contribution in [0.15, 0.2) is 36.4 Å². The molecule has 4 atom stereocenters. The van der Waals surface area contributed by atoms with E-state index < -0.39 is 0 Å². The van der Waals surface area contributed by atoms with Gasteiger partial charge in [0.25, 0.3) is 0 Å². The molecule has 8 aliphatic rings. The molecule has 8 saturated carbocycles. The van der Waals surface area contributed by atoms with Crippen molar-refractivity contribution in [2.45, 2.75) is 116 Å². The lowest BCUT2D eigenvalue weighted by Gasteiger charge is -2.66.